The summed E-state index contributed by atoms with van der Waals surface area (Å²) in [5.41, 5.74) is 0.948. The van der Waals surface area contributed by atoms with Crippen molar-refractivity contribution in [2.45, 2.75) is 44.8 Å². The SMILES string of the molecule is CC(C)CC[C@@H](C)NC(=O)CSc1n[nH]c(-c2ccccc2Br)n1. The highest BCUT2D eigenvalue weighted by molar-refractivity contribution is 9.10. The molecule has 2 aromatic rings. The van der Waals surface area contributed by atoms with Gasteiger partial charge < -0.3 is 5.32 Å². The normalized spacial score (nSPS) is 12.4. The number of carbonyl (C=O) groups excluding carboxylic acids is 1. The number of carbonyl (C=O) groups is 1. The van der Waals surface area contributed by atoms with Crippen LogP contribution in [0.3, 0.4) is 0 Å². The number of H-pyrrole nitrogens is 1. The van der Waals surface area contributed by atoms with Crippen LogP contribution in [0.1, 0.15) is 33.6 Å². The molecule has 0 aliphatic carbocycles. The Kier molecular flexibility index (Phi) is 7.30. The van der Waals surface area contributed by atoms with E-state index in [9.17, 15) is 4.79 Å². The third kappa shape index (κ3) is 5.94. The lowest BCUT2D eigenvalue weighted by atomic mass is 10.0. The molecule has 0 saturated carbocycles. The van der Waals surface area contributed by atoms with E-state index in [1.165, 1.54) is 11.8 Å². The second-order valence-electron chi connectivity index (χ2n) is 6.17. The number of aromatic nitrogens is 3. The zero-order valence-corrected chi connectivity index (χ0v) is 16.6. The Morgan fingerprint density at radius 1 is 1.29 bits per heavy atom. The Hall–Kier alpha value is -1.34. The third-order valence-corrected chi connectivity index (χ3v) is 5.05. The number of nitrogens with one attached hydrogen (secondary N) is 2. The minimum absolute atomic E-state index is 0.0171. The van der Waals surface area contributed by atoms with Gasteiger partial charge in [0.2, 0.25) is 11.1 Å². The van der Waals surface area contributed by atoms with Crippen LogP contribution in [0.4, 0.5) is 0 Å². The predicted octanol–water partition coefficient (Wildman–Crippen LogP) is 4.27. The zero-order chi connectivity index (χ0) is 17.5. The van der Waals surface area contributed by atoms with Crippen LogP contribution in [0.15, 0.2) is 33.9 Å². The van der Waals surface area contributed by atoms with Crippen molar-refractivity contribution in [2.24, 2.45) is 5.92 Å². The molecule has 1 heterocycles. The van der Waals surface area contributed by atoms with Crippen LogP contribution in [0.5, 0.6) is 0 Å². The summed E-state index contributed by atoms with van der Waals surface area (Å²) in [6.07, 6.45) is 2.12. The van der Waals surface area contributed by atoms with Crippen molar-refractivity contribution in [3.05, 3.63) is 28.7 Å². The first-order valence-corrected chi connectivity index (χ1v) is 9.83. The standard InChI is InChI=1S/C17H23BrN4OS/c1-11(2)8-9-12(3)19-15(23)10-24-17-20-16(21-22-17)13-6-4-5-7-14(13)18/h4-7,11-12H,8-10H2,1-3H3,(H,19,23)(H,20,21,22)/t12-/m1/s1. The van der Waals surface area contributed by atoms with Crippen molar-refractivity contribution in [1.29, 1.82) is 0 Å². The van der Waals surface area contributed by atoms with Crippen LogP contribution in [0, 0.1) is 5.92 Å². The van der Waals surface area contributed by atoms with E-state index in [-0.39, 0.29) is 11.9 Å². The molecule has 0 saturated heterocycles. The summed E-state index contributed by atoms with van der Waals surface area (Å²) in [5, 5.41) is 10.7. The lowest BCUT2D eigenvalue weighted by molar-refractivity contribution is -0.119. The summed E-state index contributed by atoms with van der Waals surface area (Å²) >= 11 is 4.83. The van der Waals surface area contributed by atoms with Gasteiger partial charge in [0, 0.05) is 16.1 Å². The molecule has 0 unspecified atom stereocenters. The molecule has 0 fully saturated rings. The van der Waals surface area contributed by atoms with E-state index in [1.807, 2.05) is 31.2 Å². The third-order valence-electron chi connectivity index (χ3n) is 3.51. The molecular formula is C17H23BrN4OS. The van der Waals surface area contributed by atoms with E-state index in [1.54, 1.807) is 0 Å². The van der Waals surface area contributed by atoms with E-state index >= 15 is 0 Å². The zero-order valence-electron chi connectivity index (χ0n) is 14.2. The molecule has 0 aliphatic rings. The van der Waals surface area contributed by atoms with Crippen molar-refractivity contribution in [2.75, 3.05) is 5.75 Å². The molecule has 24 heavy (non-hydrogen) atoms. The predicted molar refractivity (Wildman–Crippen MR) is 102 cm³/mol. The summed E-state index contributed by atoms with van der Waals surface area (Å²) < 4.78 is 0.953. The van der Waals surface area contributed by atoms with Crippen molar-refractivity contribution in [3.63, 3.8) is 0 Å². The topological polar surface area (TPSA) is 70.7 Å². The molecule has 7 heteroatoms. The van der Waals surface area contributed by atoms with E-state index < -0.39 is 0 Å². The minimum Gasteiger partial charge on any atom is -0.353 e. The molecule has 1 aromatic carbocycles. The number of benzene rings is 1. The molecular weight excluding hydrogens is 388 g/mol. The number of thioether (sulfide) groups is 1. The maximum absolute atomic E-state index is 12.0. The highest BCUT2D eigenvalue weighted by Gasteiger charge is 2.12. The van der Waals surface area contributed by atoms with Crippen molar-refractivity contribution >= 4 is 33.6 Å². The lowest BCUT2D eigenvalue weighted by Gasteiger charge is -2.14. The van der Waals surface area contributed by atoms with E-state index in [2.05, 4.69) is 50.3 Å². The van der Waals surface area contributed by atoms with Gasteiger partial charge in [-0.3, -0.25) is 9.89 Å². The smallest absolute Gasteiger partial charge is 0.230 e. The van der Waals surface area contributed by atoms with Crippen LogP contribution in [0.2, 0.25) is 0 Å². The summed E-state index contributed by atoms with van der Waals surface area (Å²) in [7, 11) is 0. The fourth-order valence-electron chi connectivity index (χ4n) is 2.19. The molecule has 2 rings (SSSR count). The van der Waals surface area contributed by atoms with Gasteiger partial charge in [-0.1, -0.05) is 59.7 Å². The maximum atomic E-state index is 12.0. The van der Waals surface area contributed by atoms with Gasteiger partial charge >= 0.3 is 0 Å². The number of hydrogen-bond acceptors (Lipinski definition) is 4. The Morgan fingerprint density at radius 2 is 2.04 bits per heavy atom. The highest BCUT2D eigenvalue weighted by atomic mass is 79.9. The Balaban J connectivity index is 1.83. The molecule has 1 aromatic heterocycles. The molecule has 5 nitrogen and oxygen atoms in total. The largest absolute Gasteiger partial charge is 0.353 e. The fraction of sp³-hybridized carbons (Fsp3) is 0.471. The van der Waals surface area contributed by atoms with Crippen LogP contribution >= 0.6 is 27.7 Å². The monoisotopic (exact) mass is 410 g/mol. The molecule has 2 N–H and O–H groups in total. The van der Waals surface area contributed by atoms with Crippen molar-refractivity contribution in [3.8, 4) is 11.4 Å². The first kappa shape index (κ1) is 19.0. The number of amides is 1. The van der Waals surface area contributed by atoms with Gasteiger partial charge in [0.15, 0.2) is 5.82 Å². The number of nitrogens with zero attached hydrogens (tertiary/aromatic N) is 2. The van der Waals surface area contributed by atoms with E-state index in [0.29, 0.717) is 22.7 Å². The molecule has 0 bridgehead atoms. The molecule has 0 spiro atoms. The Morgan fingerprint density at radius 3 is 2.75 bits per heavy atom. The summed E-state index contributed by atoms with van der Waals surface area (Å²) in [5.74, 6) is 1.68. The second-order valence-corrected chi connectivity index (χ2v) is 7.97. The van der Waals surface area contributed by atoms with Crippen LogP contribution in [-0.2, 0) is 4.79 Å². The second kappa shape index (κ2) is 9.22. The van der Waals surface area contributed by atoms with E-state index in [0.717, 1.165) is 22.9 Å². The average Bonchev–Trinajstić information content (AvgIpc) is 3.00. The molecule has 130 valence electrons. The van der Waals surface area contributed by atoms with Gasteiger partial charge in [-0.15, -0.1) is 5.10 Å². The fourth-order valence-corrected chi connectivity index (χ4v) is 3.27. The molecule has 0 aliphatic heterocycles. The van der Waals surface area contributed by atoms with Gasteiger partial charge in [0.1, 0.15) is 0 Å². The number of aromatic amines is 1. The number of rotatable bonds is 8. The van der Waals surface area contributed by atoms with Gasteiger partial charge in [-0.2, -0.15) is 0 Å². The average molecular weight is 411 g/mol. The molecule has 1 amide bonds. The summed E-state index contributed by atoms with van der Waals surface area (Å²) in [6, 6.07) is 8.01. The first-order valence-electron chi connectivity index (χ1n) is 8.05. The molecule has 0 radical (unpaired) electrons. The van der Waals surface area contributed by atoms with Crippen molar-refractivity contribution < 1.29 is 4.79 Å². The number of hydrogen-bond donors (Lipinski definition) is 2. The van der Waals surface area contributed by atoms with Gasteiger partial charge in [0.25, 0.3) is 0 Å². The first-order chi connectivity index (χ1) is 11.5. The quantitative estimate of drug-likeness (QED) is 0.637. The van der Waals surface area contributed by atoms with E-state index in [4.69, 9.17) is 0 Å². The maximum Gasteiger partial charge on any atom is 0.230 e. The Labute approximate surface area is 155 Å². The van der Waals surface area contributed by atoms with Gasteiger partial charge in [-0.05, 0) is 31.7 Å². The molecule has 1 atom stereocenters. The summed E-state index contributed by atoms with van der Waals surface area (Å²) in [6.45, 7) is 6.43. The van der Waals surface area contributed by atoms with Crippen molar-refractivity contribution in [1.82, 2.24) is 20.5 Å². The van der Waals surface area contributed by atoms with Gasteiger partial charge in [0.05, 0.1) is 5.75 Å². The Bertz CT molecular complexity index is 674. The lowest BCUT2D eigenvalue weighted by Crippen LogP contribution is -2.34. The highest BCUT2D eigenvalue weighted by Crippen LogP contribution is 2.26. The van der Waals surface area contributed by atoms with Crippen LogP contribution in [0.25, 0.3) is 11.4 Å². The van der Waals surface area contributed by atoms with Crippen LogP contribution < -0.4 is 5.32 Å². The number of halogens is 1. The summed E-state index contributed by atoms with van der Waals surface area (Å²) in [4.78, 5) is 16.4. The minimum atomic E-state index is 0.0171. The van der Waals surface area contributed by atoms with Gasteiger partial charge in [-0.25, -0.2) is 4.98 Å². The van der Waals surface area contributed by atoms with Crippen LogP contribution in [-0.4, -0.2) is 32.9 Å².